The van der Waals surface area contributed by atoms with Gasteiger partial charge in [0.25, 0.3) is 5.89 Å². The van der Waals surface area contributed by atoms with Crippen molar-refractivity contribution in [1.82, 2.24) is 10.1 Å². The van der Waals surface area contributed by atoms with Crippen molar-refractivity contribution in [2.24, 2.45) is 0 Å². The Morgan fingerprint density at radius 1 is 1.39 bits per heavy atom. The SMILES string of the molecule is CCCc1noc(COc2cc(Cl)ccc2C)n1. The Balaban J connectivity index is 1.99. The van der Waals surface area contributed by atoms with E-state index in [2.05, 4.69) is 17.1 Å². The molecule has 0 N–H and O–H groups in total. The first-order chi connectivity index (χ1) is 8.69. The van der Waals surface area contributed by atoms with Crippen LogP contribution in [-0.4, -0.2) is 10.1 Å². The van der Waals surface area contributed by atoms with Crippen LogP contribution < -0.4 is 4.74 Å². The summed E-state index contributed by atoms with van der Waals surface area (Å²) in [6, 6.07) is 5.52. The van der Waals surface area contributed by atoms with E-state index in [4.69, 9.17) is 20.9 Å². The van der Waals surface area contributed by atoms with E-state index < -0.39 is 0 Å². The molecule has 0 atom stereocenters. The monoisotopic (exact) mass is 266 g/mol. The Kier molecular flexibility index (Phi) is 4.20. The number of aryl methyl sites for hydroxylation is 2. The number of halogens is 1. The Hall–Kier alpha value is -1.55. The van der Waals surface area contributed by atoms with E-state index in [1.807, 2.05) is 19.1 Å². The molecule has 18 heavy (non-hydrogen) atoms. The van der Waals surface area contributed by atoms with Crippen LogP contribution in [0.1, 0.15) is 30.6 Å². The molecule has 0 unspecified atom stereocenters. The average molecular weight is 267 g/mol. The van der Waals surface area contributed by atoms with Crippen molar-refractivity contribution in [3.8, 4) is 5.75 Å². The predicted octanol–water partition coefficient (Wildman–Crippen LogP) is 3.56. The van der Waals surface area contributed by atoms with Crippen molar-refractivity contribution >= 4 is 11.6 Å². The van der Waals surface area contributed by atoms with Crippen molar-refractivity contribution in [1.29, 1.82) is 0 Å². The molecule has 2 rings (SSSR count). The predicted molar refractivity (Wildman–Crippen MR) is 68.8 cm³/mol. The zero-order chi connectivity index (χ0) is 13.0. The molecule has 0 saturated carbocycles. The molecule has 0 saturated heterocycles. The first-order valence-electron chi connectivity index (χ1n) is 5.89. The standard InChI is InChI=1S/C13H15ClN2O2/c1-3-4-12-15-13(18-16-12)8-17-11-7-10(14)6-5-9(11)2/h5-7H,3-4,8H2,1-2H3. The molecule has 5 heteroatoms. The zero-order valence-electron chi connectivity index (χ0n) is 10.4. The van der Waals surface area contributed by atoms with Gasteiger partial charge in [-0.15, -0.1) is 0 Å². The van der Waals surface area contributed by atoms with Crippen LogP contribution in [0.5, 0.6) is 5.75 Å². The van der Waals surface area contributed by atoms with E-state index in [1.165, 1.54) is 0 Å². The fraction of sp³-hybridized carbons (Fsp3) is 0.385. The molecule has 96 valence electrons. The third-order valence-electron chi connectivity index (χ3n) is 2.49. The molecular formula is C13H15ClN2O2. The Morgan fingerprint density at radius 3 is 3.00 bits per heavy atom. The second-order valence-electron chi connectivity index (χ2n) is 4.05. The number of hydrogen-bond donors (Lipinski definition) is 0. The molecule has 0 bridgehead atoms. The Morgan fingerprint density at radius 2 is 2.22 bits per heavy atom. The summed E-state index contributed by atoms with van der Waals surface area (Å²) >= 11 is 5.91. The van der Waals surface area contributed by atoms with Gasteiger partial charge in [-0.05, 0) is 31.0 Å². The maximum atomic E-state index is 5.91. The van der Waals surface area contributed by atoms with Gasteiger partial charge in [0.15, 0.2) is 12.4 Å². The van der Waals surface area contributed by atoms with E-state index in [0.717, 1.165) is 30.0 Å². The number of rotatable bonds is 5. The summed E-state index contributed by atoms with van der Waals surface area (Å²) < 4.78 is 10.7. The van der Waals surface area contributed by atoms with E-state index in [-0.39, 0.29) is 6.61 Å². The number of nitrogens with zero attached hydrogens (tertiary/aromatic N) is 2. The van der Waals surface area contributed by atoms with Gasteiger partial charge in [0.1, 0.15) is 5.75 Å². The number of aromatic nitrogens is 2. The second kappa shape index (κ2) is 5.87. The molecule has 0 amide bonds. The van der Waals surface area contributed by atoms with Crippen molar-refractivity contribution in [2.75, 3.05) is 0 Å². The highest BCUT2D eigenvalue weighted by Gasteiger charge is 2.07. The summed E-state index contributed by atoms with van der Waals surface area (Å²) in [6.07, 6.45) is 1.81. The molecule has 0 aliphatic rings. The quantitative estimate of drug-likeness (QED) is 0.830. The molecule has 1 aromatic heterocycles. The maximum Gasteiger partial charge on any atom is 0.264 e. The molecule has 0 spiro atoms. The van der Waals surface area contributed by atoms with Crippen molar-refractivity contribution < 1.29 is 9.26 Å². The van der Waals surface area contributed by atoms with Gasteiger partial charge in [0, 0.05) is 11.4 Å². The molecule has 1 heterocycles. The van der Waals surface area contributed by atoms with Gasteiger partial charge in [-0.1, -0.05) is 29.7 Å². The van der Waals surface area contributed by atoms with Crippen LogP contribution in [0.15, 0.2) is 22.7 Å². The summed E-state index contributed by atoms with van der Waals surface area (Å²) in [7, 11) is 0. The van der Waals surface area contributed by atoms with Crippen LogP contribution in [0.25, 0.3) is 0 Å². The molecule has 0 fully saturated rings. The molecule has 0 aliphatic heterocycles. The highest BCUT2D eigenvalue weighted by Crippen LogP contribution is 2.23. The second-order valence-corrected chi connectivity index (χ2v) is 4.49. The third-order valence-corrected chi connectivity index (χ3v) is 2.72. The summed E-state index contributed by atoms with van der Waals surface area (Å²) in [5, 5.41) is 4.51. The molecule has 4 nitrogen and oxygen atoms in total. The van der Waals surface area contributed by atoms with Crippen molar-refractivity contribution in [3.63, 3.8) is 0 Å². The largest absolute Gasteiger partial charge is 0.483 e. The van der Waals surface area contributed by atoms with Gasteiger partial charge in [-0.2, -0.15) is 4.98 Å². The fourth-order valence-electron chi connectivity index (χ4n) is 1.54. The van der Waals surface area contributed by atoms with E-state index in [9.17, 15) is 0 Å². The number of benzene rings is 1. The summed E-state index contributed by atoms with van der Waals surface area (Å²) in [6.45, 7) is 4.29. The average Bonchev–Trinajstić information content (AvgIpc) is 2.79. The lowest BCUT2D eigenvalue weighted by Gasteiger charge is -2.06. The van der Waals surface area contributed by atoms with Gasteiger partial charge in [-0.3, -0.25) is 0 Å². The van der Waals surface area contributed by atoms with Crippen LogP contribution >= 0.6 is 11.6 Å². The number of hydrogen-bond acceptors (Lipinski definition) is 4. The minimum absolute atomic E-state index is 0.262. The van der Waals surface area contributed by atoms with Gasteiger partial charge in [0.2, 0.25) is 0 Å². The minimum Gasteiger partial charge on any atom is -0.483 e. The van der Waals surface area contributed by atoms with Crippen molar-refractivity contribution in [2.45, 2.75) is 33.3 Å². The summed E-state index contributed by atoms with van der Waals surface area (Å²) in [4.78, 5) is 4.23. The topological polar surface area (TPSA) is 48.2 Å². The molecule has 2 aromatic rings. The Bertz CT molecular complexity index is 525. The molecule has 0 radical (unpaired) electrons. The lowest BCUT2D eigenvalue weighted by atomic mass is 10.2. The maximum absolute atomic E-state index is 5.91. The lowest BCUT2D eigenvalue weighted by molar-refractivity contribution is 0.241. The van der Waals surface area contributed by atoms with Crippen LogP contribution in [-0.2, 0) is 13.0 Å². The first-order valence-corrected chi connectivity index (χ1v) is 6.27. The zero-order valence-corrected chi connectivity index (χ0v) is 11.2. The fourth-order valence-corrected chi connectivity index (χ4v) is 1.70. The number of ether oxygens (including phenoxy) is 1. The van der Waals surface area contributed by atoms with E-state index in [1.54, 1.807) is 6.07 Å². The van der Waals surface area contributed by atoms with Crippen molar-refractivity contribution in [3.05, 3.63) is 40.5 Å². The van der Waals surface area contributed by atoms with E-state index >= 15 is 0 Å². The smallest absolute Gasteiger partial charge is 0.264 e. The van der Waals surface area contributed by atoms with Gasteiger partial charge >= 0.3 is 0 Å². The lowest BCUT2D eigenvalue weighted by Crippen LogP contribution is -1.97. The summed E-state index contributed by atoms with van der Waals surface area (Å²) in [5.74, 6) is 1.94. The molecular weight excluding hydrogens is 252 g/mol. The van der Waals surface area contributed by atoms with Crippen LogP contribution in [0.3, 0.4) is 0 Å². The normalized spacial score (nSPS) is 10.6. The van der Waals surface area contributed by atoms with Crippen LogP contribution in [0.4, 0.5) is 0 Å². The Labute approximate surface area is 111 Å². The molecule has 0 aliphatic carbocycles. The minimum atomic E-state index is 0.262. The van der Waals surface area contributed by atoms with E-state index in [0.29, 0.717) is 10.9 Å². The van der Waals surface area contributed by atoms with Crippen LogP contribution in [0, 0.1) is 6.92 Å². The van der Waals surface area contributed by atoms with Gasteiger partial charge in [-0.25, -0.2) is 0 Å². The summed E-state index contributed by atoms with van der Waals surface area (Å²) in [5.41, 5.74) is 1.02. The highest BCUT2D eigenvalue weighted by atomic mass is 35.5. The molecule has 1 aromatic carbocycles. The van der Waals surface area contributed by atoms with Gasteiger partial charge in [0.05, 0.1) is 0 Å². The highest BCUT2D eigenvalue weighted by molar-refractivity contribution is 6.30. The third kappa shape index (κ3) is 3.23. The van der Waals surface area contributed by atoms with Crippen LogP contribution in [0.2, 0.25) is 5.02 Å². The first kappa shape index (κ1) is 12.9. The van der Waals surface area contributed by atoms with Gasteiger partial charge < -0.3 is 9.26 Å².